The summed E-state index contributed by atoms with van der Waals surface area (Å²) in [5.41, 5.74) is 6.28. The Labute approximate surface area is 176 Å². The summed E-state index contributed by atoms with van der Waals surface area (Å²) in [6.45, 7) is 6.17. The van der Waals surface area contributed by atoms with E-state index in [4.69, 9.17) is 0 Å². The zero-order valence-electron chi connectivity index (χ0n) is 17.3. The molecule has 0 atom stereocenters. The standard InChI is InChI=1S/C25H23N3O2/c1-16-5-8-20(9-6-16)22-23(27-21-14-17(2)4-7-18(21)3)25(30)28(24(22)29)15-19-10-12-26-13-11-19/h4-14,27H,15H2,1-3H3. The van der Waals surface area contributed by atoms with Gasteiger partial charge < -0.3 is 5.32 Å². The highest BCUT2D eigenvalue weighted by atomic mass is 16.2. The van der Waals surface area contributed by atoms with Crippen LogP contribution in [0.1, 0.15) is 27.8 Å². The van der Waals surface area contributed by atoms with Crippen molar-refractivity contribution in [2.24, 2.45) is 0 Å². The van der Waals surface area contributed by atoms with Gasteiger partial charge in [-0.3, -0.25) is 19.5 Å². The molecule has 2 aromatic carbocycles. The molecule has 3 aromatic rings. The number of amides is 2. The molecule has 1 N–H and O–H groups in total. The maximum atomic E-state index is 13.3. The molecule has 1 aliphatic heterocycles. The number of aryl methyl sites for hydroxylation is 3. The predicted molar refractivity (Wildman–Crippen MR) is 117 cm³/mol. The number of carbonyl (C=O) groups excluding carboxylic acids is 2. The Hall–Kier alpha value is -3.73. The molecule has 30 heavy (non-hydrogen) atoms. The Morgan fingerprint density at radius 2 is 1.50 bits per heavy atom. The molecule has 0 fully saturated rings. The van der Waals surface area contributed by atoms with Crippen molar-refractivity contribution in [3.63, 3.8) is 0 Å². The van der Waals surface area contributed by atoms with Crippen LogP contribution in [0, 0.1) is 20.8 Å². The van der Waals surface area contributed by atoms with Crippen molar-refractivity contribution in [3.05, 3.63) is 101 Å². The van der Waals surface area contributed by atoms with Crippen LogP contribution in [0.2, 0.25) is 0 Å². The lowest BCUT2D eigenvalue weighted by Crippen LogP contribution is -2.32. The first kappa shape index (κ1) is 19.6. The van der Waals surface area contributed by atoms with Gasteiger partial charge in [0.2, 0.25) is 0 Å². The number of pyridine rings is 1. The largest absolute Gasteiger partial charge is 0.350 e. The van der Waals surface area contributed by atoms with Gasteiger partial charge in [0.25, 0.3) is 11.8 Å². The number of benzene rings is 2. The summed E-state index contributed by atoms with van der Waals surface area (Å²) < 4.78 is 0. The molecule has 5 heteroatoms. The van der Waals surface area contributed by atoms with E-state index in [0.29, 0.717) is 11.3 Å². The number of nitrogens with zero attached hydrogens (tertiary/aromatic N) is 2. The third-order valence-corrected chi connectivity index (χ3v) is 5.25. The van der Waals surface area contributed by atoms with Gasteiger partial charge in [-0.2, -0.15) is 0 Å². The number of carbonyl (C=O) groups is 2. The van der Waals surface area contributed by atoms with Gasteiger partial charge in [-0.15, -0.1) is 0 Å². The maximum Gasteiger partial charge on any atom is 0.278 e. The minimum Gasteiger partial charge on any atom is -0.350 e. The molecule has 0 bridgehead atoms. The minimum absolute atomic E-state index is 0.202. The monoisotopic (exact) mass is 397 g/mol. The molecule has 2 amide bonds. The Morgan fingerprint density at radius 1 is 0.833 bits per heavy atom. The summed E-state index contributed by atoms with van der Waals surface area (Å²) in [5.74, 6) is -0.623. The van der Waals surface area contributed by atoms with E-state index in [1.807, 2.05) is 75.4 Å². The normalized spacial score (nSPS) is 13.9. The highest BCUT2D eigenvalue weighted by Crippen LogP contribution is 2.32. The molecule has 1 aliphatic rings. The van der Waals surface area contributed by atoms with Crippen LogP contribution >= 0.6 is 0 Å². The highest BCUT2D eigenvalue weighted by Gasteiger charge is 2.39. The fraction of sp³-hybridized carbons (Fsp3) is 0.160. The summed E-state index contributed by atoms with van der Waals surface area (Å²) in [5, 5.41) is 3.26. The molecule has 0 aliphatic carbocycles. The van der Waals surface area contributed by atoms with Gasteiger partial charge in [0, 0.05) is 18.1 Å². The van der Waals surface area contributed by atoms with Gasteiger partial charge in [0.05, 0.1) is 12.1 Å². The van der Waals surface area contributed by atoms with Crippen molar-refractivity contribution < 1.29 is 9.59 Å². The second kappa shape index (κ2) is 7.95. The van der Waals surface area contributed by atoms with Gasteiger partial charge >= 0.3 is 0 Å². The van der Waals surface area contributed by atoms with Crippen LogP contribution < -0.4 is 5.32 Å². The number of anilines is 1. The predicted octanol–water partition coefficient (Wildman–Crippen LogP) is 4.40. The van der Waals surface area contributed by atoms with Crippen LogP contribution in [0.3, 0.4) is 0 Å². The molecule has 0 unspecified atom stereocenters. The van der Waals surface area contributed by atoms with Crippen LogP contribution in [-0.2, 0) is 16.1 Å². The zero-order chi connectivity index (χ0) is 21.3. The van der Waals surface area contributed by atoms with E-state index in [9.17, 15) is 9.59 Å². The summed E-state index contributed by atoms with van der Waals surface area (Å²) in [6.07, 6.45) is 3.31. The number of imide groups is 1. The van der Waals surface area contributed by atoms with Crippen LogP contribution in [0.4, 0.5) is 5.69 Å². The van der Waals surface area contributed by atoms with Crippen molar-refractivity contribution >= 4 is 23.1 Å². The second-order valence-corrected chi connectivity index (χ2v) is 7.61. The Bertz CT molecular complexity index is 1150. The van der Waals surface area contributed by atoms with E-state index in [2.05, 4.69) is 10.3 Å². The summed E-state index contributed by atoms with van der Waals surface area (Å²) in [6, 6.07) is 17.3. The molecule has 0 saturated heterocycles. The first-order valence-electron chi connectivity index (χ1n) is 9.85. The molecule has 0 saturated carbocycles. The van der Waals surface area contributed by atoms with Crippen LogP contribution in [0.5, 0.6) is 0 Å². The highest BCUT2D eigenvalue weighted by molar-refractivity contribution is 6.36. The lowest BCUT2D eigenvalue weighted by molar-refractivity contribution is -0.137. The number of nitrogens with one attached hydrogen (secondary N) is 1. The van der Waals surface area contributed by atoms with Gasteiger partial charge in [0.1, 0.15) is 5.70 Å². The lowest BCUT2D eigenvalue weighted by atomic mass is 10.0. The van der Waals surface area contributed by atoms with Crippen LogP contribution in [0.15, 0.2) is 72.7 Å². The fourth-order valence-corrected chi connectivity index (χ4v) is 3.50. The number of aromatic nitrogens is 1. The van der Waals surface area contributed by atoms with E-state index in [-0.39, 0.29) is 18.4 Å². The third-order valence-electron chi connectivity index (χ3n) is 5.25. The van der Waals surface area contributed by atoms with Crippen molar-refractivity contribution in [1.82, 2.24) is 9.88 Å². The Morgan fingerprint density at radius 3 is 2.20 bits per heavy atom. The van der Waals surface area contributed by atoms with Gasteiger partial charge in [-0.1, -0.05) is 42.0 Å². The van der Waals surface area contributed by atoms with E-state index in [1.54, 1.807) is 12.4 Å². The molecule has 0 spiro atoms. The second-order valence-electron chi connectivity index (χ2n) is 7.61. The first-order valence-corrected chi connectivity index (χ1v) is 9.85. The van der Waals surface area contributed by atoms with Crippen LogP contribution in [0.25, 0.3) is 5.57 Å². The zero-order valence-corrected chi connectivity index (χ0v) is 17.3. The fourth-order valence-electron chi connectivity index (χ4n) is 3.50. The smallest absolute Gasteiger partial charge is 0.278 e. The topological polar surface area (TPSA) is 62.3 Å². The molecule has 0 radical (unpaired) electrons. The number of hydrogen-bond acceptors (Lipinski definition) is 4. The Kier molecular flexibility index (Phi) is 5.19. The van der Waals surface area contributed by atoms with Crippen molar-refractivity contribution in [2.75, 3.05) is 5.32 Å². The molecule has 150 valence electrons. The lowest BCUT2D eigenvalue weighted by Gasteiger charge is -2.16. The molecule has 5 nitrogen and oxygen atoms in total. The quantitative estimate of drug-likeness (QED) is 0.648. The summed E-state index contributed by atoms with van der Waals surface area (Å²) in [4.78, 5) is 32.0. The number of rotatable bonds is 5. The van der Waals surface area contributed by atoms with E-state index < -0.39 is 0 Å². The summed E-state index contributed by atoms with van der Waals surface area (Å²) >= 11 is 0. The maximum absolute atomic E-state index is 13.3. The van der Waals surface area contributed by atoms with Crippen molar-refractivity contribution in [2.45, 2.75) is 27.3 Å². The van der Waals surface area contributed by atoms with E-state index in [0.717, 1.165) is 33.5 Å². The SMILES string of the molecule is Cc1ccc(C2=C(Nc3cc(C)ccc3C)C(=O)N(Cc3ccncc3)C2=O)cc1. The van der Waals surface area contributed by atoms with Crippen molar-refractivity contribution in [1.29, 1.82) is 0 Å². The Balaban J connectivity index is 1.77. The molecule has 1 aromatic heterocycles. The molecular formula is C25H23N3O2. The van der Waals surface area contributed by atoms with Crippen molar-refractivity contribution in [3.8, 4) is 0 Å². The molecule has 2 heterocycles. The third kappa shape index (κ3) is 3.74. The van der Waals surface area contributed by atoms with Gasteiger partial charge in [-0.05, 0) is 61.2 Å². The van der Waals surface area contributed by atoms with E-state index in [1.165, 1.54) is 4.90 Å². The first-order chi connectivity index (χ1) is 14.4. The van der Waals surface area contributed by atoms with Gasteiger partial charge in [0.15, 0.2) is 0 Å². The average molecular weight is 397 g/mol. The molecular weight excluding hydrogens is 374 g/mol. The van der Waals surface area contributed by atoms with Crippen LogP contribution in [-0.4, -0.2) is 21.7 Å². The van der Waals surface area contributed by atoms with Gasteiger partial charge in [-0.25, -0.2) is 0 Å². The minimum atomic E-state index is -0.326. The van der Waals surface area contributed by atoms with E-state index >= 15 is 0 Å². The average Bonchev–Trinajstić information content (AvgIpc) is 2.96. The summed E-state index contributed by atoms with van der Waals surface area (Å²) in [7, 11) is 0. The molecule has 4 rings (SSSR count). The number of hydrogen-bond donors (Lipinski definition) is 1.